The van der Waals surface area contributed by atoms with Crippen LogP contribution in [0.4, 0.5) is 0 Å². The summed E-state index contributed by atoms with van der Waals surface area (Å²) >= 11 is 0. The average Bonchev–Trinajstić information content (AvgIpc) is 2.81. The highest BCUT2D eigenvalue weighted by Crippen LogP contribution is 2.26. The van der Waals surface area contributed by atoms with Gasteiger partial charge in [0.2, 0.25) is 0 Å². The first-order valence-electron chi connectivity index (χ1n) is 14.1. The Labute approximate surface area is 212 Å². The second kappa shape index (κ2) is 18.3. The van der Waals surface area contributed by atoms with Gasteiger partial charge in [0, 0.05) is 30.9 Å². The van der Waals surface area contributed by atoms with Crippen molar-refractivity contribution in [2.75, 3.05) is 0 Å². The first-order valence-corrected chi connectivity index (χ1v) is 14.1. The number of nitrogens with zero attached hydrogens (tertiary/aromatic N) is 1. The lowest BCUT2D eigenvalue weighted by molar-refractivity contribution is -0.715. The van der Waals surface area contributed by atoms with E-state index in [1.807, 2.05) is 0 Å². The second-order valence-electron chi connectivity index (χ2n) is 10.0. The molecule has 0 aromatic carbocycles. The van der Waals surface area contributed by atoms with Crippen LogP contribution in [0.5, 0.6) is 0 Å². The third kappa shape index (κ3) is 10.4. The number of rotatable bonds is 16. The third-order valence-corrected chi connectivity index (χ3v) is 7.30. The molecule has 0 atom stereocenters. The summed E-state index contributed by atoms with van der Waals surface area (Å²) in [7, 11) is 0. The highest BCUT2D eigenvalue weighted by atomic mass is 35.5. The van der Waals surface area contributed by atoms with E-state index in [-0.39, 0.29) is 12.4 Å². The van der Waals surface area contributed by atoms with Gasteiger partial charge in [0.1, 0.15) is 6.54 Å². The number of allylic oxidation sites excluding steroid dienone is 2. The van der Waals surface area contributed by atoms with Gasteiger partial charge in [-0.3, -0.25) is 0 Å². The van der Waals surface area contributed by atoms with Gasteiger partial charge in [-0.1, -0.05) is 102 Å². The zero-order valence-corrected chi connectivity index (χ0v) is 23.1. The largest absolute Gasteiger partial charge is 1.00 e. The van der Waals surface area contributed by atoms with Crippen molar-refractivity contribution in [1.29, 1.82) is 0 Å². The number of unbranched alkanes of at least 4 members (excludes halogenated alkanes) is 12. The van der Waals surface area contributed by atoms with Gasteiger partial charge in [-0.25, -0.2) is 0 Å². The molecule has 0 bridgehead atoms. The Morgan fingerprint density at radius 2 is 1.18 bits per heavy atom. The minimum absolute atomic E-state index is 0. The first-order chi connectivity index (χ1) is 15.7. The van der Waals surface area contributed by atoms with Crippen LogP contribution >= 0.6 is 0 Å². The molecule has 0 radical (unpaired) electrons. The maximum absolute atomic E-state index is 2.63. The van der Waals surface area contributed by atoms with E-state index in [4.69, 9.17) is 0 Å². The highest BCUT2D eigenvalue weighted by molar-refractivity contribution is 5.64. The van der Waals surface area contributed by atoms with E-state index in [0.29, 0.717) is 0 Å². The molecule has 0 amide bonds. The predicted octanol–water partition coefficient (Wildman–Crippen LogP) is 6.46. The van der Waals surface area contributed by atoms with Gasteiger partial charge in [-0.05, 0) is 44.6 Å². The van der Waals surface area contributed by atoms with Crippen molar-refractivity contribution >= 4 is 12.2 Å². The summed E-state index contributed by atoms with van der Waals surface area (Å²) in [5.74, 6) is 0. The van der Waals surface area contributed by atoms with Crippen LogP contribution in [-0.2, 0) is 13.0 Å². The molecular weight excluding hydrogens is 422 g/mol. The van der Waals surface area contributed by atoms with Gasteiger partial charge >= 0.3 is 0 Å². The molecular formula is C31H52ClN. The number of halogens is 1. The van der Waals surface area contributed by atoms with Crippen molar-refractivity contribution in [2.24, 2.45) is 0 Å². The molecule has 2 heterocycles. The molecule has 0 N–H and O–H groups in total. The number of aromatic nitrogens is 1. The van der Waals surface area contributed by atoms with Gasteiger partial charge in [-0.15, -0.1) is 0 Å². The Hall–Kier alpha value is -1.08. The van der Waals surface area contributed by atoms with Crippen LogP contribution < -0.4 is 17.0 Å². The fraction of sp³-hybridized carbons (Fsp3) is 0.710. The van der Waals surface area contributed by atoms with Crippen molar-refractivity contribution in [3.05, 3.63) is 40.2 Å². The Balaban J connectivity index is 0.00000544. The molecule has 1 aliphatic heterocycles. The molecule has 0 saturated heterocycles. The first kappa shape index (κ1) is 30.0. The fourth-order valence-electron chi connectivity index (χ4n) is 5.21. The zero-order chi connectivity index (χ0) is 23.0. The minimum atomic E-state index is 0. The summed E-state index contributed by atoms with van der Waals surface area (Å²) in [4.78, 5) is 0. The molecule has 1 aliphatic rings. The lowest BCUT2D eigenvalue weighted by Crippen LogP contribution is -3.00. The molecule has 0 aliphatic carbocycles. The summed E-state index contributed by atoms with van der Waals surface area (Å²) in [6, 6.07) is 0. The maximum Gasteiger partial charge on any atom is 0.189 e. The summed E-state index contributed by atoms with van der Waals surface area (Å²) in [5, 5.41) is 0. The lowest BCUT2D eigenvalue weighted by Gasteiger charge is -2.19. The van der Waals surface area contributed by atoms with Crippen molar-refractivity contribution in [3.63, 3.8) is 0 Å². The van der Waals surface area contributed by atoms with Crippen molar-refractivity contribution in [1.82, 2.24) is 0 Å². The standard InChI is InChI=1S/C31H52N.ClH/c1-5-7-9-11-13-15-17-19-23-29-27(3)30(24-20-18-16-14-12-10-8-6-2)31-25-21-22-26-32(31)28(29)4;/h19-20,23-24H,5-18,21-22,25-26H2,1-4H3;1H/q+1;/p-1/b23-19+,24-20+;. The van der Waals surface area contributed by atoms with Gasteiger partial charge < -0.3 is 12.4 Å². The third-order valence-electron chi connectivity index (χ3n) is 7.30. The van der Waals surface area contributed by atoms with Gasteiger partial charge in [-0.2, -0.15) is 4.57 Å². The Kier molecular flexibility index (Phi) is 16.6. The Morgan fingerprint density at radius 3 is 1.76 bits per heavy atom. The number of pyridine rings is 1. The van der Waals surface area contributed by atoms with Crippen LogP contribution in [0.15, 0.2) is 12.2 Å². The summed E-state index contributed by atoms with van der Waals surface area (Å²) in [5.41, 5.74) is 7.54. The molecule has 0 fully saturated rings. The predicted molar refractivity (Wildman–Crippen MR) is 143 cm³/mol. The van der Waals surface area contributed by atoms with Crippen molar-refractivity contribution in [2.45, 2.75) is 143 Å². The summed E-state index contributed by atoms with van der Waals surface area (Å²) < 4.78 is 2.63. The van der Waals surface area contributed by atoms with Crippen molar-refractivity contribution < 1.29 is 17.0 Å². The molecule has 0 unspecified atom stereocenters. The van der Waals surface area contributed by atoms with E-state index in [2.05, 4.69) is 56.6 Å². The lowest BCUT2D eigenvalue weighted by atomic mass is 9.93. The number of hydrogen-bond donors (Lipinski definition) is 0. The molecule has 188 valence electrons. The van der Waals surface area contributed by atoms with E-state index in [1.165, 1.54) is 138 Å². The second-order valence-corrected chi connectivity index (χ2v) is 10.0. The summed E-state index contributed by atoms with van der Waals surface area (Å²) in [6.07, 6.45) is 32.7. The number of fused-ring (bicyclic) bond motifs is 1. The van der Waals surface area contributed by atoms with Crippen LogP contribution in [-0.4, -0.2) is 0 Å². The van der Waals surface area contributed by atoms with E-state index in [1.54, 1.807) is 5.69 Å². The van der Waals surface area contributed by atoms with Crippen LogP contribution in [0.3, 0.4) is 0 Å². The topological polar surface area (TPSA) is 3.88 Å². The molecule has 0 saturated carbocycles. The molecule has 1 nitrogen and oxygen atoms in total. The number of hydrogen-bond acceptors (Lipinski definition) is 0. The quantitative estimate of drug-likeness (QED) is 0.191. The fourth-order valence-corrected chi connectivity index (χ4v) is 5.21. The van der Waals surface area contributed by atoms with E-state index in [0.717, 1.165) is 0 Å². The maximum atomic E-state index is 2.63. The van der Waals surface area contributed by atoms with Crippen LogP contribution in [0.1, 0.15) is 145 Å². The Bertz CT molecular complexity index is 716. The molecule has 2 rings (SSSR count). The van der Waals surface area contributed by atoms with Crippen LogP contribution in [0.2, 0.25) is 0 Å². The highest BCUT2D eigenvalue weighted by Gasteiger charge is 2.26. The summed E-state index contributed by atoms with van der Waals surface area (Å²) in [6.45, 7) is 10.5. The molecule has 0 spiro atoms. The Morgan fingerprint density at radius 1 is 0.667 bits per heavy atom. The molecule has 2 heteroatoms. The minimum Gasteiger partial charge on any atom is -1.00 e. The normalized spacial score (nSPS) is 13.6. The van der Waals surface area contributed by atoms with Gasteiger partial charge in [0.05, 0.1) is 0 Å². The molecule has 33 heavy (non-hydrogen) atoms. The smallest absolute Gasteiger partial charge is 0.189 e. The van der Waals surface area contributed by atoms with E-state index < -0.39 is 0 Å². The van der Waals surface area contributed by atoms with Gasteiger partial charge in [0.15, 0.2) is 11.4 Å². The van der Waals surface area contributed by atoms with E-state index in [9.17, 15) is 0 Å². The van der Waals surface area contributed by atoms with E-state index >= 15 is 0 Å². The van der Waals surface area contributed by atoms with Crippen LogP contribution in [0.25, 0.3) is 12.2 Å². The molecule has 1 aromatic rings. The van der Waals surface area contributed by atoms with Crippen LogP contribution in [0, 0.1) is 13.8 Å². The molecule has 1 aromatic heterocycles. The van der Waals surface area contributed by atoms with Gasteiger partial charge in [0.25, 0.3) is 0 Å². The zero-order valence-electron chi connectivity index (χ0n) is 22.4. The average molecular weight is 474 g/mol. The van der Waals surface area contributed by atoms with Crippen molar-refractivity contribution in [3.8, 4) is 0 Å². The monoisotopic (exact) mass is 473 g/mol. The SMILES string of the molecule is CCCCCCCC/C=C/c1c(C)c(/C=C/CCCCCCCC)c2[n+](c1C)CCCC2.[Cl-].